The van der Waals surface area contributed by atoms with Crippen LogP contribution in [-0.2, 0) is 11.3 Å². The number of aliphatic hydroxyl groups is 1. The molecule has 2 aromatic carbocycles. The monoisotopic (exact) mass is 419 g/mol. The quantitative estimate of drug-likeness (QED) is 0.802. The number of benzene rings is 2. The van der Waals surface area contributed by atoms with Crippen molar-refractivity contribution >= 4 is 22.0 Å². The molecule has 2 aromatic rings. The van der Waals surface area contributed by atoms with Crippen molar-refractivity contribution in [3.05, 3.63) is 64.1 Å². The van der Waals surface area contributed by atoms with Crippen molar-refractivity contribution in [1.29, 1.82) is 0 Å². The van der Waals surface area contributed by atoms with Crippen molar-refractivity contribution in [1.82, 2.24) is 4.90 Å². The Hall–Kier alpha value is -2.05. The molecule has 1 saturated heterocycles. The molecule has 1 fully saturated rings. The maximum atomic E-state index is 12.7. The van der Waals surface area contributed by atoms with Gasteiger partial charge in [0.2, 0.25) is 0 Å². The summed E-state index contributed by atoms with van der Waals surface area (Å²) in [4.78, 5) is 14.4. The van der Waals surface area contributed by atoms with E-state index in [-0.39, 0.29) is 18.7 Å². The van der Waals surface area contributed by atoms with Gasteiger partial charge in [0.1, 0.15) is 12.4 Å². The fourth-order valence-electron chi connectivity index (χ4n) is 3.22. The molecule has 1 aliphatic heterocycles. The Balaban J connectivity index is 1.79. The molecule has 2 atom stereocenters. The highest BCUT2D eigenvalue weighted by Gasteiger charge is 2.34. The van der Waals surface area contributed by atoms with E-state index in [9.17, 15) is 9.90 Å². The van der Waals surface area contributed by atoms with E-state index in [1.165, 1.54) is 0 Å². The van der Waals surface area contributed by atoms with Gasteiger partial charge in [0.15, 0.2) is 0 Å². The van der Waals surface area contributed by atoms with Crippen LogP contribution < -0.4 is 4.74 Å². The van der Waals surface area contributed by atoms with Crippen LogP contribution in [0.1, 0.15) is 30.0 Å². The first-order valence-electron chi connectivity index (χ1n) is 8.57. The lowest BCUT2D eigenvalue weighted by Gasteiger charge is -2.37. The molecular formula is C20H22BrNO4. The number of amides is 1. The number of carbonyl (C=O) groups excluding carboxylic acids is 1. The van der Waals surface area contributed by atoms with Gasteiger partial charge in [0.25, 0.3) is 0 Å². The van der Waals surface area contributed by atoms with Gasteiger partial charge in [-0.1, -0.05) is 52.3 Å². The summed E-state index contributed by atoms with van der Waals surface area (Å²) < 4.78 is 11.9. The first-order valence-corrected chi connectivity index (χ1v) is 9.36. The molecule has 0 saturated carbocycles. The third-order valence-corrected chi connectivity index (χ3v) is 5.06. The minimum Gasteiger partial charge on any atom is -0.496 e. The van der Waals surface area contributed by atoms with Crippen molar-refractivity contribution in [3.63, 3.8) is 0 Å². The largest absolute Gasteiger partial charge is 0.496 e. The van der Waals surface area contributed by atoms with E-state index in [1.54, 1.807) is 12.0 Å². The fourth-order valence-corrected chi connectivity index (χ4v) is 3.56. The van der Waals surface area contributed by atoms with Crippen LogP contribution in [0.25, 0.3) is 0 Å². The number of methoxy groups -OCH3 is 1. The molecule has 5 nitrogen and oxygen atoms in total. The smallest absolute Gasteiger partial charge is 0.410 e. The second-order valence-electron chi connectivity index (χ2n) is 6.31. The standard InChI is InChI=1S/C20H22BrNO4/c1-25-19-11-15(21)7-8-17(19)18-12-16(23)9-10-22(18)20(24)26-13-14-5-3-2-4-6-14/h2-8,11,16,18,23H,9-10,12-13H2,1H3/t16?,18-/m0/s1. The minimum absolute atomic E-state index is 0.225. The molecule has 1 N–H and O–H groups in total. The lowest BCUT2D eigenvalue weighted by atomic mass is 9.93. The summed E-state index contributed by atoms with van der Waals surface area (Å²) in [5, 5.41) is 10.1. The number of hydrogen-bond donors (Lipinski definition) is 1. The molecule has 1 aliphatic rings. The summed E-state index contributed by atoms with van der Waals surface area (Å²) in [6, 6.07) is 15.0. The molecule has 0 bridgehead atoms. The number of halogens is 1. The van der Waals surface area contributed by atoms with Crippen LogP contribution in [0.5, 0.6) is 5.75 Å². The van der Waals surface area contributed by atoms with Crippen LogP contribution in [-0.4, -0.2) is 35.9 Å². The van der Waals surface area contributed by atoms with Gasteiger partial charge < -0.3 is 19.5 Å². The topological polar surface area (TPSA) is 59.0 Å². The Morgan fingerprint density at radius 2 is 2.04 bits per heavy atom. The number of piperidine rings is 1. The Bertz CT molecular complexity index is 753. The highest BCUT2D eigenvalue weighted by atomic mass is 79.9. The van der Waals surface area contributed by atoms with E-state index < -0.39 is 6.10 Å². The molecule has 6 heteroatoms. The normalized spacial score (nSPS) is 19.9. The summed E-state index contributed by atoms with van der Waals surface area (Å²) in [5.41, 5.74) is 1.81. The number of aliphatic hydroxyl groups excluding tert-OH is 1. The zero-order valence-corrected chi connectivity index (χ0v) is 16.2. The lowest BCUT2D eigenvalue weighted by molar-refractivity contribution is 0.0253. The van der Waals surface area contributed by atoms with Gasteiger partial charge in [-0.2, -0.15) is 0 Å². The summed E-state index contributed by atoms with van der Waals surface area (Å²) in [7, 11) is 1.60. The Morgan fingerprint density at radius 1 is 1.27 bits per heavy atom. The molecule has 3 rings (SSSR count). The van der Waals surface area contributed by atoms with E-state index in [4.69, 9.17) is 9.47 Å². The molecule has 138 valence electrons. The molecular weight excluding hydrogens is 398 g/mol. The van der Waals surface area contributed by atoms with Crippen molar-refractivity contribution in [2.45, 2.75) is 31.6 Å². The Labute approximate surface area is 161 Å². The number of carbonyl (C=O) groups is 1. The molecule has 26 heavy (non-hydrogen) atoms. The summed E-state index contributed by atoms with van der Waals surface area (Å²) >= 11 is 3.43. The first kappa shape index (κ1) is 18.7. The van der Waals surface area contributed by atoms with E-state index in [2.05, 4.69) is 15.9 Å². The van der Waals surface area contributed by atoms with Crippen molar-refractivity contribution < 1.29 is 19.4 Å². The zero-order valence-electron chi connectivity index (χ0n) is 14.6. The third kappa shape index (κ3) is 4.37. The zero-order chi connectivity index (χ0) is 18.5. The maximum Gasteiger partial charge on any atom is 0.410 e. The number of rotatable bonds is 4. The van der Waals surface area contributed by atoms with Crippen LogP contribution in [0.15, 0.2) is 53.0 Å². The number of likely N-dealkylation sites (tertiary alicyclic amines) is 1. The molecule has 1 amide bonds. The average molecular weight is 420 g/mol. The van der Waals surface area contributed by atoms with E-state index in [1.807, 2.05) is 48.5 Å². The summed E-state index contributed by atoms with van der Waals surface area (Å²) in [6.45, 7) is 0.668. The fraction of sp³-hybridized carbons (Fsp3) is 0.350. The van der Waals surface area contributed by atoms with Gasteiger partial charge in [-0.05, 0) is 30.5 Å². The number of ether oxygens (including phenoxy) is 2. The first-order chi connectivity index (χ1) is 12.6. The van der Waals surface area contributed by atoms with Gasteiger partial charge >= 0.3 is 6.09 Å². The van der Waals surface area contributed by atoms with E-state index >= 15 is 0 Å². The van der Waals surface area contributed by atoms with Crippen molar-refractivity contribution in [2.75, 3.05) is 13.7 Å². The summed E-state index contributed by atoms with van der Waals surface area (Å²) in [5.74, 6) is 0.680. The molecule has 0 spiro atoms. The second kappa shape index (κ2) is 8.56. The van der Waals surface area contributed by atoms with Crippen molar-refractivity contribution in [3.8, 4) is 5.75 Å². The molecule has 0 aliphatic carbocycles. The Kier molecular flexibility index (Phi) is 6.16. The number of hydrogen-bond acceptors (Lipinski definition) is 4. The van der Waals surface area contributed by atoms with Crippen LogP contribution in [0, 0.1) is 0 Å². The minimum atomic E-state index is -0.452. The van der Waals surface area contributed by atoms with Crippen LogP contribution >= 0.6 is 15.9 Å². The van der Waals surface area contributed by atoms with Crippen LogP contribution in [0.2, 0.25) is 0 Å². The van der Waals surface area contributed by atoms with Crippen molar-refractivity contribution in [2.24, 2.45) is 0 Å². The van der Waals surface area contributed by atoms with Gasteiger partial charge in [0.05, 0.1) is 19.3 Å². The lowest BCUT2D eigenvalue weighted by Crippen LogP contribution is -2.43. The molecule has 1 heterocycles. The predicted octanol–water partition coefficient (Wildman–Crippen LogP) is 4.29. The second-order valence-corrected chi connectivity index (χ2v) is 7.23. The SMILES string of the molecule is COc1cc(Br)ccc1[C@@H]1CC(O)CCN1C(=O)OCc1ccccc1. The number of nitrogens with zero attached hydrogens (tertiary/aromatic N) is 1. The molecule has 1 unspecified atom stereocenters. The summed E-state index contributed by atoms with van der Waals surface area (Å²) in [6.07, 6.45) is 0.163. The van der Waals surface area contributed by atoms with E-state index in [0.717, 1.165) is 15.6 Å². The predicted molar refractivity (Wildman–Crippen MR) is 102 cm³/mol. The Morgan fingerprint density at radius 3 is 2.77 bits per heavy atom. The highest BCUT2D eigenvalue weighted by molar-refractivity contribution is 9.10. The molecule has 0 radical (unpaired) electrons. The van der Waals surface area contributed by atoms with Crippen LogP contribution in [0.4, 0.5) is 4.79 Å². The highest BCUT2D eigenvalue weighted by Crippen LogP contribution is 2.38. The van der Waals surface area contributed by atoms with E-state index in [0.29, 0.717) is 25.1 Å². The third-order valence-electron chi connectivity index (χ3n) is 4.57. The average Bonchev–Trinajstić information content (AvgIpc) is 2.66. The van der Waals surface area contributed by atoms with Crippen LogP contribution in [0.3, 0.4) is 0 Å². The molecule has 0 aromatic heterocycles. The van der Waals surface area contributed by atoms with Gasteiger partial charge in [0, 0.05) is 16.6 Å². The van der Waals surface area contributed by atoms with Gasteiger partial charge in [-0.3, -0.25) is 0 Å². The maximum absolute atomic E-state index is 12.7. The van der Waals surface area contributed by atoms with Gasteiger partial charge in [-0.25, -0.2) is 4.79 Å². The van der Waals surface area contributed by atoms with Gasteiger partial charge in [-0.15, -0.1) is 0 Å².